The monoisotopic (exact) mass is 482 g/mol. The van der Waals surface area contributed by atoms with Gasteiger partial charge < -0.3 is 16.0 Å². The molecule has 0 radical (unpaired) electrons. The number of ketones is 1. The summed E-state index contributed by atoms with van der Waals surface area (Å²) < 4.78 is 40.2. The van der Waals surface area contributed by atoms with Crippen LogP contribution < -0.4 is 16.0 Å². The van der Waals surface area contributed by atoms with Crippen LogP contribution in [0.3, 0.4) is 0 Å². The van der Waals surface area contributed by atoms with Crippen molar-refractivity contribution in [3.05, 3.63) is 65.4 Å². The molecule has 7 nitrogen and oxygen atoms in total. The average Bonchev–Trinajstić information content (AvgIpc) is 3.12. The van der Waals surface area contributed by atoms with E-state index in [0.717, 1.165) is 18.9 Å². The predicted octanol–water partition coefficient (Wildman–Crippen LogP) is 4.54. The summed E-state index contributed by atoms with van der Waals surface area (Å²) in [6, 6.07) is 11.8. The maximum absolute atomic E-state index is 13.4. The highest BCUT2D eigenvalue weighted by molar-refractivity contribution is 6.52. The predicted molar refractivity (Wildman–Crippen MR) is 123 cm³/mol. The van der Waals surface area contributed by atoms with E-state index < -0.39 is 29.5 Å². The van der Waals surface area contributed by atoms with E-state index in [1.165, 1.54) is 12.1 Å². The molecule has 5 rings (SSSR count). The fourth-order valence-corrected chi connectivity index (χ4v) is 4.73. The van der Waals surface area contributed by atoms with Gasteiger partial charge in [0.25, 0.3) is 17.6 Å². The Bertz CT molecular complexity index is 1360. The lowest BCUT2D eigenvalue weighted by atomic mass is 9.90. The zero-order valence-corrected chi connectivity index (χ0v) is 18.4. The SMILES string of the molecule is O=C1Nc2c(C(=O)N[C@@H]3CCC[C@H](Nc4cc(C(F)(F)F)nc5ccccc45)C3)cccc2C1=O. The Morgan fingerprint density at radius 1 is 1.03 bits per heavy atom. The molecule has 180 valence electrons. The molecular formula is C25H21F3N4O3. The van der Waals surface area contributed by atoms with Crippen LogP contribution in [-0.2, 0) is 11.0 Å². The van der Waals surface area contributed by atoms with Gasteiger partial charge in [-0.25, -0.2) is 4.98 Å². The number of para-hydroxylation sites is 2. The fraction of sp³-hybridized carbons (Fsp3) is 0.280. The first-order chi connectivity index (χ1) is 16.7. The Balaban J connectivity index is 1.33. The summed E-state index contributed by atoms with van der Waals surface area (Å²) in [5, 5.41) is 9.23. The molecular weight excluding hydrogens is 461 g/mol. The Labute approximate surface area is 198 Å². The van der Waals surface area contributed by atoms with Crippen LogP contribution in [0, 0.1) is 0 Å². The number of nitrogens with one attached hydrogen (secondary N) is 3. The Hall–Kier alpha value is -3.95. The number of carbonyl (C=O) groups is 3. The Morgan fingerprint density at radius 3 is 2.60 bits per heavy atom. The third kappa shape index (κ3) is 4.43. The van der Waals surface area contributed by atoms with Crippen molar-refractivity contribution in [2.75, 3.05) is 10.6 Å². The van der Waals surface area contributed by atoms with E-state index in [0.29, 0.717) is 23.9 Å². The molecule has 2 amide bonds. The minimum absolute atomic E-state index is 0.163. The number of aromatic nitrogens is 1. The van der Waals surface area contributed by atoms with E-state index in [1.54, 1.807) is 30.3 Å². The molecule has 3 N–H and O–H groups in total. The number of halogens is 3. The van der Waals surface area contributed by atoms with Crippen LogP contribution in [-0.4, -0.2) is 34.7 Å². The van der Waals surface area contributed by atoms with Gasteiger partial charge in [-0.2, -0.15) is 13.2 Å². The summed E-state index contributed by atoms with van der Waals surface area (Å²) in [5.41, 5.74) is 0.201. The topological polar surface area (TPSA) is 100 Å². The number of benzene rings is 2. The van der Waals surface area contributed by atoms with E-state index in [-0.39, 0.29) is 34.4 Å². The molecule has 1 saturated carbocycles. The highest BCUT2D eigenvalue weighted by Crippen LogP contribution is 2.34. The van der Waals surface area contributed by atoms with Gasteiger partial charge in [-0.3, -0.25) is 14.4 Å². The first-order valence-corrected chi connectivity index (χ1v) is 11.2. The number of Topliss-reactive ketones (excluding diaryl/α,β-unsaturated/α-hetero) is 1. The van der Waals surface area contributed by atoms with Crippen LogP contribution in [0.15, 0.2) is 48.5 Å². The maximum Gasteiger partial charge on any atom is 0.433 e. The van der Waals surface area contributed by atoms with E-state index in [2.05, 4.69) is 20.9 Å². The first kappa shape index (κ1) is 22.8. The molecule has 1 aliphatic carbocycles. The van der Waals surface area contributed by atoms with Crippen LogP contribution in [0.5, 0.6) is 0 Å². The molecule has 0 spiro atoms. The van der Waals surface area contributed by atoms with Crippen LogP contribution in [0.4, 0.5) is 24.5 Å². The van der Waals surface area contributed by atoms with Crippen LogP contribution in [0.2, 0.25) is 0 Å². The lowest BCUT2D eigenvalue weighted by Crippen LogP contribution is -2.42. The lowest BCUT2D eigenvalue weighted by Gasteiger charge is -2.31. The Kier molecular flexibility index (Phi) is 5.66. The van der Waals surface area contributed by atoms with Gasteiger partial charge in [0.1, 0.15) is 5.69 Å². The summed E-state index contributed by atoms with van der Waals surface area (Å²) in [6.07, 6.45) is -1.87. The van der Waals surface area contributed by atoms with Gasteiger partial charge in [0.2, 0.25) is 0 Å². The zero-order chi connectivity index (χ0) is 24.7. The maximum atomic E-state index is 13.4. The van der Waals surface area contributed by atoms with Crippen LogP contribution in [0.1, 0.15) is 52.1 Å². The van der Waals surface area contributed by atoms with Gasteiger partial charge in [0, 0.05) is 23.2 Å². The second kappa shape index (κ2) is 8.68. The zero-order valence-electron chi connectivity index (χ0n) is 18.4. The fourth-order valence-electron chi connectivity index (χ4n) is 4.73. The van der Waals surface area contributed by atoms with Gasteiger partial charge in [-0.1, -0.05) is 24.3 Å². The highest BCUT2D eigenvalue weighted by atomic mass is 19.4. The standard InChI is InChI=1S/C25H21F3N4O3/c26-25(27,28)20-12-19(15-7-1-2-10-18(15)31-20)29-13-5-3-6-14(11-13)30-23(34)17-9-4-8-16-21(17)32-24(35)22(16)33/h1-2,4,7-10,12-14H,3,5-6,11H2,(H,29,31)(H,30,34)(H,32,33,35)/t13-,14+/m0/s1. The van der Waals surface area contributed by atoms with Gasteiger partial charge in [-0.05, 0) is 49.9 Å². The van der Waals surface area contributed by atoms with Crippen molar-refractivity contribution in [1.82, 2.24) is 10.3 Å². The minimum atomic E-state index is -4.57. The van der Waals surface area contributed by atoms with Crippen molar-refractivity contribution in [1.29, 1.82) is 0 Å². The number of rotatable bonds is 4. The number of nitrogens with zero attached hydrogens (tertiary/aromatic N) is 1. The molecule has 2 aliphatic rings. The summed E-state index contributed by atoms with van der Waals surface area (Å²) in [5.74, 6) is -1.87. The van der Waals surface area contributed by atoms with Gasteiger partial charge in [0.05, 0.1) is 22.3 Å². The Morgan fingerprint density at radius 2 is 1.80 bits per heavy atom. The summed E-state index contributed by atoms with van der Waals surface area (Å²) in [4.78, 5) is 40.4. The molecule has 0 saturated heterocycles. The third-order valence-corrected chi connectivity index (χ3v) is 6.37. The molecule has 0 bridgehead atoms. The third-order valence-electron chi connectivity index (χ3n) is 6.37. The van der Waals surface area contributed by atoms with E-state index in [4.69, 9.17) is 0 Å². The van der Waals surface area contributed by atoms with Crippen LogP contribution in [0.25, 0.3) is 10.9 Å². The largest absolute Gasteiger partial charge is 0.433 e. The number of carbonyl (C=O) groups excluding carboxylic acids is 3. The van der Waals surface area contributed by atoms with Gasteiger partial charge in [-0.15, -0.1) is 0 Å². The van der Waals surface area contributed by atoms with Crippen molar-refractivity contribution in [3.63, 3.8) is 0 Å². The molecule has 2 heterocycles. The number of amides is 2. The van der Waals surface area contributed by atoms with Crippen molar-refractivity contribution < 1.29 is 27.6 Å². The van der Waals surface area contributed by atoms with Crippen molar-refractivity contribution >= 4 is 39.9 Å². The number of alkyl halides is 3. The second-order valence-electron chi connectivity index (χ2n) is 8.76. The van der Waals surface area contributed by atoms with Gasteiger partial charge >= 0.3 is 6.18 Å². The molecule has 3 aromatic rings. The van der Waals surface area contributed by atoms with Gasteiger partial charge in [0.15, 0.2) is 0 Å². The van der Waals surface area contributed by atoms with Crippen molar-refractivity contribution in [2.45, 2.75) is 43.9 Å². The smallest absolute Gasteiger partial charge is 0.382 e. The second-order valence-corrected chi connectivity index (χ2v) is 8.76. The van der Waals surface area contributed by atoms with Crippen LogP contribution >= 0.6 is 0 Å². The highest BCUT2D eigenvalue weighted by Gasteiger charge is 2.34. The number of hydrogen-bond donors (Lipinski definition) is 3. The molecule has 10 heteroatoms. The molecule has 1 fully saturated rings. The summed E-state index contributed by atoms with van der Waals surface area (Å²) >= 11 is 0. The number of fused-ring (bicyclic) bond motifs is 2. The summed E-state index contributed by atoms with van der Waals surface area (Å²) in [6.45, 7) is 0. The molecule has 2 aromatic carbocycles. The number of pyridine rings is 1. The molecule has 1 aromatic heterocycles. The first-order valence-electron chi connectivity index (χ1n) is 11.2. The average molecular weight is 482 g/mol. The molecule has 0 unspecified atom stereocenters. The minimum Gasteiger partial charge on any atom is -0.382 e. The number of anilines is 2. The van der Waals surface area contributed by atoms with Crippen molar-refractivity contribution in [3.8, 4) is 0 Å². The van der Waals surface area contributed by atoms with E-state index >= 15 is 0 Å². The molecule has 2 atom stereocenters. The van der Waals surface area contributed by atoms with Crippen molar-refractivity contribution in [2.24, 2.45) is 0 Å². The quantitative estimate of drug-likeness (QED) is 0.474. The van der Waals surface area contributed by atoms with E-state index in [1.807, 2.05) is 0 Å². The lowest BCUT2D eigenvalue weighted by molar-refractivity contribution is -0.140. The molecule has 35 heavy (non-hydrogen) atoms. The van der Waals surface area contributed by atoms with E-state index in [9.17, 15) is 27.6 Å². The normalized spacial score (nSPS) is 19.9. The number of hydrogen-bond acceptors (Lipinski definition) is 5. The molecule has 1 aliphatic heterocycles. The summed E-state index contributed by atoms with van der Waals surface area (Å²) in [7, 11) is 0.